The van der Waals surface area contributed by atoms with Crippen LogP contribution in [0.25, 0.3) is 0 Å². The summed E-state index contributed by atoms with van der Waals surface area (Å²) in [6, 6.07) is 7.85. The number of carbonyl (C=O) groups is 1. The van der Waals surface area contributed by atoms with Gasteiger partial charge in [0.25, 0.3) is 0 Å². The lowest BCUT2D eigenvalue weighted by molar-refractivity contribution is -0.120. The van der Waals surface area contributed by atoms with Crippen LogP contribution in [0.3, 0.4) is 0 Å². The third-order valence-electron chi connectivity index (χ3n) is 3.38. The summed E-state index contributed by atoms with van der Waals surface area (Å²) in [6.45, 7) is 1.85. The topological polar surface area (TPSA) is 66.9 Å². The molecule has 1 aliphatic rings. The van der Waals surface area contributed by atoms with Gasteiger partial charge in [-0.1, -0.05) is 23.1 Å². The Labute approximate surface area is 131 Å². The molecule has 0 atom stereocenters. The number of nitrogens with zero attached hydrogens (tertiary/aromatic N) is 2. The highest BCUT2D eigenvalue weighted by Crippen LogP contribution is 2.29. The van der Waals surface area contributed by atoms with Crippen molar-refractivity contribution in [1.82, 2.24) is 15.5 Å². The molecule has 7 heteroatoms. The smallest absolute Gasteiger partial charge is 0.227 e. The Hall–Kier alpha value is -1.44. The summed E-state index contributed by atoms with van der Waals surface area (Å²) < 4.78 is 0.918. The van der Waals surface area contributed by atoms with Gasteiger partial charge in [0.15, 0.2) is 4.34 Å². The summed E-state index contributed by atoms with van der Waals surface area (Å²) in [7, 11) is 0. The molecule has 21 heavy (non-hydrogen) atoms. The highest BCUT2D eigenvalue weighted by atomic mass is 32.2. The zero-order valence-electron chi connectivity index (χ0n) is 11.4. The van der Waals surface area contributed by atoms with Gasteiger partial charge in [-0.2, -0.15) is 0 Å². The Morgan fingerprint density at radius 2 is 2.05 bits per heavy atom. The number of carbonyl (C=O) groups excluding carboxylic acids is 1. The summed E-state index contributed by atoms with van der Waals surface area (Å²) in [5.41, 5.74) is 2.57. The molecule has 1 aliphatic heterocycles. The van der Waals surface area contributed by atoms with Crippen molar-refractivity contribution in [1.29, 1.82) is 0 Å². The maximum absolute atomic E-state index is 12.1. The average molecular weight is 320 g/mol. The second kappa shape index (κ2) is 7.02. The predicted octanol–water partition coefficient (Wildman–Crippen LogP) is 2.63. The molecular weight excluding hydrogens is 304 g/mol. The minimum absolute atomic E-state index is 0.126. The van der Waals surface area contributed by atoms with Gasteiger partial charge < -0.3 is 10.6 Å². The van der Waals surface area contributed by atoms with Crippen LogP contribution in [0.15, 0.2) is 39.0 Å². The van der Waals surface area contributed by atoms with Crippen LogP contribution in [0.2, 0.25) is 0 Å². The lowest BCUT2D eigenvalue weighted by Gasteiger charge is -2.21. The number of aromatic nitrogens is 2. The zero-order chi connectivity index (χ0) is 14.5. The van der Waals surface area contributed by atoms with Crippen LogP contribution in [0, 0.1) is 5.92 Å². The zero-order valence-corrected chi connectivity index (χ0v) is 13.0. The van der Waals surface area contributed by atoms with Crippen molar-refractivity contribution in [3.8, 4) is 0 Å². The Morgan fingerprint density at radius 1 is 1.29 bits per heavy atom. The van der Waals surface area contributed by atoms with E-state index in [-0.39, 0.29) is 11.8 Å². The highest BCUT2D eigenvalue weighted by Gasteiger charge is 2.20. The SMILES string of the molecule is O=C(Nc1ccc(Sc2nncs2)cc1)C1CCNCC1. The first-order chi connectivity index (χ1) is 10.3. The van der Waals surface area contributed by atoms with Crippen molar-refractivity contribution in [2.75, 3.05) is 18.4 Å². The molecule has 3 rings (SSSR count). The monoisotopic (exact) mass is 320 g/mol. The first-order valence-electron chi connectivity index (χ1n) is 6.87. The molecule has 2 N–H and O–H groups in total. The molecule has 0 radical (unpaired) electrons. The molecule has 1 amide bonds. The Morgan fingerprint density at radius 3 is 2.71 bits per heavy atom. The summed E-state index contributed by atoms with van der Waals surface area (Å²) in [5, 5.41) is 14.1. The number of benzene rings is 1. The molecule has 2 heterocycles. The number of nitrogens with one attached hydrogen (secondary N) is 2. The molecule has 0 spiro atoms. The molecule has 110 valence electrons. The Bertz CT molecular complexity index is 580. The van der Waals surface area contributed by atoms with Crippen LogP contribution in [-0.4, -0.2) is 29.2 Å². The summed E-state index contributed by atoms with van der Waals surface area (Å²) in [4.78, 5) is 13.2. The number of hydrogen-bond acceptors (Lipinski definition) is 6. The Kier molecular flexibility index (Phi) is 4.84. The van der Waals surface area contributed by atoms with E-state index in [1.54, 1.807) is 17.3 Å². The van der Waals surface area contributed by atoms with Crippen LogP contribution < -0.4 is 10.6 Å². The predicted molar refractivity (Wildman–Crippen MR) is 84.7 cm³/mol. The lowest BCUT2D eigenvalue weighted by atomic mass is 9.97. The molecule has 2 aromatic rings. The number of rotatable bonds is 4. The average Bonchev–Trinajstić information content (AvgIpc) is 3.03. The molecule has 1 fully saturated rings. The molecule has 0 unspecified atom stereocenters. The minimum Gasteiger partial charge on any atom is -0.326 e. The fourth-order valence-electron chi connectivity index (χ4n) is 2.24. The number of anilines is 1. The van der Waals surface area contributed by atoms with Gasteiger partial charge in [-0.3, -0.25) is 4.79 Å². The van der Waals surface area contributed by atoms with Gasteiger partial charge in [0.05, 0.1) is 0 Å². The fourth-order valence-corrected chi connectivity index (χ4v) is 3.69. The quantitative estimate of drug-likeness (QED) is 0.906. The lowest BCUT2D eigenvalue weighted by Crippen LogP contribution is -2.34. The van der Waals surface area contributed by atoms with E-state index >= 15 is 0 Å². The minimum atomic E-state index is 0.126. The van der Waals surface area contributed by atoms with Crippen LogP contribution in [0.4, 0.5) is 5.69 Å². The van der Waals surface area contributed by atoms with Gasteiger partial charge >= 0.3 is 0 Å². The maximum atomic E-state index is 12.1. The number of hydrogen-bond donors (Lipinski definition) is 2. The van der Waals surface area contributed by atoms with Gasteiger partial charge in [0.2, 0.25) is 5.91 Å². The van der Waals surface area contributed by atoms with Crippen molar-refractivity contribution in [3.63, 3.8) is 0 Å². The van der Waals surface area contributed by atoms with E-state index in [2.05, 4.69) is 20.8 Å². The van der Waals surface area contributed by atoms with E-state index in [4.69, 9.17) is 0 Å². The molecule has 0 saturated carbocycles. The van der Waals surface area contributed by atoms with Gasteiger partial charge in [-0.15, -0.1) is 10.2 Å². The molecule has 5 nitrogen and oxygen atoms in total. The first kappa shape index (κ1) is 14.5. The van der Waals surface area contributed by atoms with Crippen LogP contribution >= 0.6 is 23.1 Å². The van der Waals surface area contributed by atoms with E-state index in [0.29, 0.717) is 0 Å². The van der Waals surface area contributed by atoms with Crippen molar-refractivity contribution < 1.29 is 4.79 Å². The van der Waals surface area contributed by atoms with E-state index in [1.807, 2.05) is 24.3 Å². The van der Waals surface area contributed by atoms with E-state index in [9.17, 15) is 4.79 Å². The molecule has 1 aromatic carbocycles. The standard InChI is InChI=1S/C14H16N4OS2/c19-13(10-5-7-15-8-6-10)17-11-1-3-12(4-2-11)21-14-18-16-9-20-14/h1-4,9-10,15H,5-8H2,(H,17,19). The van der Waals surface area contributed by atoms with Crippen LogP contribution in [0.5, 0.6) is 0 Å². The van der Waals surface area contributed by atoms with E-state index < -0.39 is 0 Å². The summed E-state index contributed by atoms with van der Waals surface area (Å²) in [5.74, 6) is 0.253. The Balaban J connectivity index is 1.57. The van der Waals surface area contributed by atoms with Crippen molar-refractivity contribution in [2.24, 2.45) is 5.92 Å². The summed E-state index contributed by atoms with van der Waals surface area (Å²) in [6.07, 6.45) is 1.83. The molecule has 1 saturated heterocycles. The van der Waals surface area contributed by atoms with E-state index in [1.165, 1.54) is 11.3 Å². The van der Waals surface area contributed by atoms with Crippen molar-refractivity contribution >= 4 is 34.7 Å². The van der Waals surface area contributed by atoms with Gasteiger partial charge in [0.1, 0.15) is 5.51 Å². The van der Waals surface area contributed by atoms with Crippen molar-refractivity contribution in [2.45, 2.75) is 22.1 Å². The largest absolute Gasteiger partial charge is 0.326 e. The fraction of sp³-hybridized carbons (Fsp3) is 0.357. The maximum Gasteiger partial charge on any atom is 0.227 e. The van der Waals surface area contributed by atoms with Crippen LogP contribution in [0.1, 0.15) is 12.8 Å². The van der Waals surface area contributed by atoms with Gasteiger partial charge in [-0.25, -0.2) is 0 Å². The van der Waals surface area contributed by atoms with Crippen molar-refractivity contribution in [3.05, 3.63) is 29.8 Å². The third kappa shape index (κ3) is 4.03. The molecular formula is C14H16N4OS2. The molecule has 0 bridgehead atoms. The number of amides is 1. The number of piperidine rings is 1. The molecule has 0 aliphatic carbocycles. The van der Waals surface area contributed by atoms with Crippen LogP contribution in [-0.2, 0) is 4.79 Å². The van der Waals surface area contributed by atoms with E-state index in [0.717, 1.165) is 40.9 Å². The molecule has 1 aromatic heterocycles. The first-order valence-corrected chi connectivity index (χ1v) is 8.56. The second-order valence-corrected chi connectivity index (χ2v) is 7.00. The summed E-state index contributed by atoms with van der Waals surface area (Å²) >= 11 is 3.09. The third-order valence-corrected chi connectivity index (χ3v) is 5.16. The normalized spacial score (nSPS) is 15.8. The second-order valence-electron chi connectivity index (χ2n) is 4.84. The van der Waals surface area contributed by atoms with Gasteiger partial charge in [0, 0.05) is 16.5 Å². The van der Waals surface area contributed by atoms with Gasteiger partial charge in [-0.05, 0) is 50.2 Å². The highest BCUT2D eigenvalue weighted by molar-refractivity contribution is 8.01.